The molecule has 0 radical (unpaired) electrons. The molecule has 8 nitrogen and oxygen atoms in total. The van der Waals surface area contributed by atoms with Crippen molar-refractivity contribution < 1.29 is 19.1 Å². The molecular formula is C27H27ClN4O4. The number of hydrogen-bond donors (Lipinski definition) is 0. The number of aryl methyl sites for hydroxylation is 1. The van der Waals surface area contributed by atoms with Gasteiger partial charge in [-0.15, -0.1) is 0 Å². The van der Waals surface area contributed by atoms with Crippen molar-refractivity contribution in [2.24, 2.45) is 0 Å². The Morgan fingerprint density at radius 3 is 2.36 bits per heavy atom. The maximum absolute atomic E-state index is 13.0. The molecule has 0 atom stereocenters. The molecule has 3 aliphatic rings. The summed E-state index contributed by atoms with van der Waals surface area (Å²) < 4.78 is 13.4. The molecule has 1 aromatic heterocycles. The first-order valence-electron chi connectivity index (χ1n) is 12.3. The third-order valence-electron chi connectivity index (χ3n) is 7.18. The van der Waals surface area contributed by atoms with E-state index in [1.165, 1.54) is 0 Å². The lowest BCUT2D eigenvalue weighted by Gasteiger charge is -2.37. The predicted molar refractivity (Wildman–Crippen MR) is 135 cm³/mol. The number of aromatic nitrogens is 2. The zero-order valence-corrected chi connectivity index (χ0v) is 20.6. The molecule has 2 saturated heterocycles. The van der Waals surface area contributed by atoms with Gasteiger partial charge in [-0.2, -0.15) is 5.10 Å². The quantitative estimate of drug-likeness (QED) is 0.532. The molecule has 2 amide bonds. The van der Waals surface area contributed by atoms with Crippen LogP contribution in [0.25, 0.3) is 11.3 Å². The fourth-order valence-electron chi connectivity index (χ4n) is 5.14. The van der Waals surface area contributed by atoms with Gasteiger partial charge >= 0.3 is 0 Å². The minimum atomic E-state index is -0.498. The number of rotatable bonds is 4. The molecule has 0 saturated carbocycles. The number of ether oxygens (including phenoxy) is 2. The lowest BCUT2D eigenvalue weighted by molar-refractivity contribution is -0.181. The van der Waals surface area contributed by atoms with E-state index in [4.69, 9.17) is 26.2 Å². The van der Waals surface area contributed by atoms with Gasteiger partial charge in [0, 0.05) is 54.6 Å². The Bertz CT molecular complexity index is 1270. The van der Waals surface area contributed by atoms with Gasteiger partial charge in [-0.05, 0) is 29.8 Å². The largest absolute Gasteiger partial charge is 0.347 e. The van der Waals surface area contributed by atoms with Crippen LogP contribution in [0.4, 0.5) is 5.82 Å². The maximum Gasteiger partial charge on any atom is 0.253 e. The van der Waals surface area contributed by atoms with Crippen LogP contribution in [0.3, 0.4) is 0 Å². The molecule has 9 heteroatoms. The first-order chi connectivity index (χ1) is 17.5. The van der Waals surface area contributed by atoms with Crippen LogP contribution in [0.2, 0.25) is 5.02 Å². The van der Waals surface area contributed by atoms with Crippen LogP contribution in [0.5, 0.6) is 0 Å². The molecule has 2 fully saturated rings. The topological polar surface area (TPSA) is 76.9 Å². The van der Waals surface area contributed by atoms with Crippen molar-refractivity contribution in [1.82, 2.24) is 14.7 Å². The molecule has 0 unspecified atom stereocenters. The summed E-state index contributed by atoms with van der Waals surface area (Å²) >= 11 is 6.02. The highest BCUT2D eigenvalue weighted by Crippen LogP contribution is 2.32. The van der Waals surface area contributed by atoms with E-state index in [0.29, 0.717) is 69.2 Å². The Hall–Kier alpha value is -3.20. The summed E-state index contributed by atoms with van der Waals surface area (Å²) in [6, 6.07) is 17.0. The van der Waals surface area contributed by atoms with E-state index < -0.39 is 5.79 Å². The van der Waals surface area contributed by atoms with Crippen LogP contribution in [0, 0.1) is 0 Å². The lowest BCUT2D eigenvalue weighted by atomic mass is 10.0. The summed E-state index contributed by atoms with van der Waals surface area (Å²) in [7, 11) is 0. The Morgan fingerprint density at radius 1 is 0.972 bits per heavy atom. The van der Waals surface area contributed by atoms with Crippen molar-refractivity contribution in [1.29, 1.82) is 0 Å². The summed E-state index contributed by atoms with van der Waals surface area (Å²) in [5, 5.41) is 5.37. The molecule has 2 aromatic carbocycles. The van der Waals surface area contributed by atoms with E-state index in [2.05, 4.69) is 0 Å². The molecule has 6 rings (SSSR count). The first-order valence-corrected chi connectivity index (χ1v) is 12.7. The number of halogens is 1. The predicted octanol–water partition coefficient (Wildman–Crippen LogP) is 4.12. The van der Waals surface area contributed by atoms with Gasteiger partial charge in [-0.3, -0.25) is 14.5 Å². The van der Waals surface area contributed by atoms with E-state index in [9.17, 15) is 9.59 Å². The fraction of sp³-hybridized carbons (Fsp3) is 0.370. The number of likely N-dealkylation sites (tertiary alicyclic amines) is 1. The minimum Gasteiger partial charge on any atom is -0.347 e. The van der Waals surface area contributed by atoms with Gasteiger partial charge in [0.15, 0.2) is 5.79 Å². The zero-order chi connectivity index (χ0) is 24.7. The van der Waals surface area contributed by atoms with Crippen LogP contribution < -0.4 is 4.90 Å². The Morgan fingerprint density at radius 2 is 1.67 bits per heavy atom. The standard InChI is InChI=1S/C27H27ClN4O4/c28-22-7-5-20(6-8-22)23-17-24-31(25(33)9-12-32(24)29-23)18-19-1-3-21(4-2-19)26(34)30-13-10-27(11-14-30)35-15-16-36-27/h1-8,17H,9-16,18H2. The van der Waals surface area contributed by atoms with Gasteiger partial charge < -0.3 is 14.4 Å². The van der Waals surface area contributed by atoms with Crippen molar-refractivity contribution >= 4 is 29.2 Å². The van der Waals surface area contributed by atoms with E-state index in [1.54, 1.807) is 4.90 Å². The molecule has 186 valence electrons. The second-order valence-corrected chi connectivity index (χ2v) is 9.88. The monoisotopic (exact) mass is 506 g/mol. The summed E-state index contributed by atoms with van der Waals surface area (Å²) in [4.78, 5) is 29.5. The SMILES string of the molecule is O=C(c1ccc(CN2C(=O)CCn3nc(-c4ccc(Cl)cc4)cc32)cc1)N1CCC2(CC1)OCCO2. The molecule has 0 bridgehead atoms. The van der Waals surface area contributed by atoms with Gasteiger partial charge in [0.05, 0.1) is 32.0 Å². The van der Waals surface area contributed by atoms with E-state index in [-0.39, 0.29) is 11.8 Å². The normalized spacial score (nSPS) is 19.1. The van der Waals surface area contributed by atoms with Gasteiger partial charge in [-0.25, -0.2) is 4.68 Å². The summed E-state index contributed by atoms with van der Waals surface area (Å²) in [5.74, 6) is 0.342. The number of amides is 2. The number of benzene rings is 2. The number of hydrogen-bond acceptors (Lipinski definition) is 5. The molecule has 3 aromatic rings. The highest BCUT2D eigenvalue weighted by Gasteiger charge is 2.40. The van der Waals surface area contributed by atoms with Crippen LogP contribution in [0.15, 0.2) is 54.6 Å². The Kier molecular flexibility index (Phi) is 6.03. The highest BCUT2D eigenvalue weighted by molar-refractivity contribution is 6.30. The summed E-state index contributed by atoms with van der Waals surface area (Å²) in [5.41, 5.74) is 3.35. The first kappa shape index (κ1) is 23.2. The third kappa shape index (κ3) is 4.40. The smallest absolute Gasteiger partial charge is 0.253 e. The Balaban J connectivity index is 1.15. The third-order valence-corrected chi connectivity index (χ3v) is 7.43. The second kappa shape index (κ2) is 9.35. The van der Waals surface area contributed by atoms with Crippen LogP contribution in [-0.2, 0) is 27.4 Å². The lowest BCUT2D eigenvalue weighted by Crippen LogP contribution is -2.47. The number of piperidine rings is 1. The molecule has 0 aliphatic carbocycles. The van der Waals surface area contributed by atoms with Crippen molar-refractivity contribution in [3.05, 3.63) is 70.7 Å². The van der Waals surface area contributed by atoms with Crippen molar-refractivity contribution in [2.75, 3.05) is 31.2 Å². The van der Waals surface area contributed by atoms with E-state index in [1.807, 2.05) is 64.2 Å². The fourth-order valence-corrected chi connectivity index (χ4v) is 5.26. The highest BCUT2D eigenvalue weighted by atomic mass is 35.5. The number of carbonyl (C=O) groups is 2. The van der Waals surface area contributed by atoms with Crippen LogP contribution in [0.1, 0.15) is 35.2 Å². The molecule has 36 heavy (non-hydrogen) atoms. The van der Waals surface area contributed by atoms with Crippen molar-refractivity contribution in [2.45, 2.75) is 38.1 Å². The molecule has 4 heterocycles. The van der Waals surface area contributed by atoms with Crippen molar-refractivity contribution in [3.8, 4) is 11.3 Å². The van der Waals surface area contributed by atoms with E-state index >= 15 is 0 Å². The van der Waals surface area contributed by atoms with Gasteiger partial charge in [0.25, 0.3) is 5.91 Å². The molecular weight excluding hydrogens is 480 g/mol. The van der Waals surface area contributed by atoms with Crippen LogP contribution in [-0.4, -0.2) is 58.6 Å². The molecule has 3 aliphatic heterocycles. The molecule has 0 N–H and O–H groups in total. The summed E-state index contributed by atoms with van der Waals surface area (Å²) in [6.45, 7) is 3.45. The van der Waals surface area contributed by atoms with Crippen molar-refractivity contribution in [3.63, 3.8) is 0 Å². The average Bonchev–Trinajstić information content (AvgIpc) is 3.54. The summed E-state index contributed by atoms with van der Waals surface area (Å²) in [6.07, 6.45) is 1.79. The van der Waals surface area contributed by atoms with E-state index in [0.717, 1.165) is 22.6 Å². The number of carbonyl (C=O) groups excluding carboxylic acids is 2. The number of anilines is 1. The second-order valence-electron chi connectivity index (χ2n) is 9.44. The van der Waals surface area contributed by atoms with Gasteiger partial charge in [-0.1, -0.05) is 35.9 Å². The minimum absolute atomic E-state index is 0.00845. The number of fused-ring (bicyclic) bond motifs is 1. The van der Waals surface area contributed by atoms with Gasteiger partial charge in [0.2, 0.25) is 5.91 Å². The zero-order valence-electron chi connectivity index (χ0n) is 19.9. The number of nitrogens with zero attached hydrogens (tertiary/aromatic N) is 4. The molecule has 1 spiro atoms. The Labute approximate surface area is 214 Å². The average molecular weight is 507 g/mol. The van der Waals surface area contributed by atoms with Gasteiger partial charge in [0.1, 0.15) is 5.82 Å². The maximum atomic E-state index is 13.0. The van der Waals surface area contributed by atoms with Crippen LogP contribution >= 0.6 is 11.6 Å².